The largest absolute Gasteiger partial charge is 0.464 e. The molecule has 0 saturated heterocycles. The van der Waals surface area contributed by atoms with Crippen LogP contribution >= 0.6 is 11.8 Å². The van der Waals surface area contributed by atoms with Crippen LogP contribution in [-0.4, -0.2) is 44.6 Å². The number of carbonyl (C=O) groups is 1. The number of esters is 1. The van der Waals surface area contributed by atoms with E-state index < -0.39 is 28.4 Å². The van der Waals surface area contributed by atoms with Crippen LogP contribution in [0.1, 0.15) is 0 Å². The molecule has 0 aromatic heterocycles. The maximum Gasteiger partial charge on any atom is 0.321 e. The molecule has 0 amide bonds. The smallest absolute Gasteiger partial charge is 0.321 e. The molecule has 0 aliphatic heterocycles. The fourth-order valence-corrected chi connectivity index (χ4v) is 3.85. The molecule has 9 heteroatoms. The highest BCUT2D eigenvalue weighted by molar-refractivity contribution is 7.99. The van der Waals surface area contributed by atoms with Gasteiger partial charge >= 0.3 is 5.97 Å². The van der Waals surface area contributed by atoms with Crippen molar-refractivity contribution in [2.45, 2.75) is 9.79 Å². The van der Waals surface area contributed by atoms with E-state index in [2.05, 4.69) is 0 Å². The van der Waals surface area contributed by atoms with Gasteiger partial charge in [-0.3, -0.25) is 4.79 Å². The molecule has 2 aromatic rings. The molecule has 0 aliphatic carbocycles. The third-order valence-electron chi connectivity index (χ3n) is 3.31. The van der Waals surface area contributed by atoms with Gasteiger partial charge in [-0.1, -0.05) is 12.1 Å². The van der Waals surface area contributed by atoms with Crippen LogP contribution in [0.15, 0.2) is 58.3 Å². The lowest BCUT2D eigenvalue weighted by atomic mass is 10.3. The normalized spacial score (nSPS) is 11.5. The summed E-state index contributed by atoms with van der Waals surface area (Å²) in [6.07, 6.45) is 0. The molecule has 0 bridgehead atoms. The van der Waals surface area contributed by atoms with Crippen LogP contribution in [0.25, 0.3) is 0 Å². The predicted octanol–water partition coefficient (Wildman–Crippen LogP) is 2.92. The summed E-state index contributed by atoms with van der Waals surface area (Å²) < 4.78 is 56.7. The zero-order valence-corrected chi connectivity index (χ0v) is 15.5. The van der Waals surface area contributed by atoms with E-state index >= 15 is 0 Å². The van der Waals surface area contributed by atoms with E-state index in [0.29, 0.717) is 10.6 Å². The summed E-state index contributed by atoms with van der Waals surface area (Å²) in [5.74, 6) is -1.30. The molecule has 0 fully saturated rings. The number of thioether (sulfide) groups is 1. The Labute approximate surface area is 155 Å². The first-order valence-corrected chi connectivity index (χ1v) is 9.98. The van der Waals surface area contributed by atoms with Crippen LogP contribution < -0.4 is 0 Å². The Balaban J connectivity index is 1.81. The van der Waals surface area contributed by atoms with Crippen LogP contribution in [0.3, 0.4) is 0 Å². The van der Waals surface area contributed by atoms with Gasteiger partial charge in [0.15, 0.2) is 0 Å². The van der Waals surface area contributed by atoms with Crippen molar-refractivity contribution < 1.29 is 26.7 Å². The Bertz CT molecular complexity index is 857. The van der Waals surface area contributed by atoms with E-state index in [4.69, 9.17) is 4.74 Å². The summed E-state index contributed by atoms with van der Waals surface area (Å²) in [5.41, 5.74) is 0. The van der Waals surface area contributed by atoms with Crippen molar-refractivity contribution in [1.29, 1.82) is 0 Å². The molecule has 0 N–H and O–H groups in total. The fourth-order valence-electron chi connectivity index (χ4n) is 1.97. The molecule has 0 atom stereocenters. The quantitative estimate of drug-likeness (QED) is 0.387. The molecule has 140 valence electrons. The third-order valence-corrected chi connectivity index (χ3v) is 6.14. The third kappa shape index (κ3) is 5.52. The SMILES string of the molecule is CN(CC(=O)OCCSc1ccccc1F)S(=O)(=O)c1ccc(F)cc1. The number of rotatable bonds is 8. The number of likely N-dealkylation sites (N-methyl/N-ethyl adjacent to an activating group) is 1. The summed E-state index contributed by atoms with van der Waals surface area (Å²) in [6, 6.07) is 10.5. The van der Waals surface area contributed by atoms with Crippen molar-refractivity contribution in [2.24, 2.45) is 0 Å². The molecule has 0 radical (unpaired) electrons. The van der Waals surface area contributed by atoms with Crippen LogP contribution in [0.5, 0.6) is 0 Å². The molecule has 5 nitrogen and oxygen atoms in total. The summed E-state index contributed by atoms with van der Waals surface area (Å²) in [5, 5.41) is 0. The maximum atomic E-state index is 13.4. The van der Waals surface area contributed by atoms with E-state index in [9.17, 15) is 22.0 Å². The van der Waals surface area contributed by atoms with Gasteiger partial charge < -0.3 is 4.74 Å². The van der Waals surface area contributed by atoms with Crippen molar-refractivity contribution in [2.75, 3.05) is 26.0 Å². The van der Waals surface area contributed by atoms with Gasteiger partial charge in [-0.15, -0.1) is 11.8 Å². The first-order valence-electron chi connectivity index (χ1n) is 7.55. The number of carbonyl (C=O) groups excluding carboxylic acids is 1. The van der Waals surface area contributed by atoms with Gasteiger partial charge in [-0.2, -0.15) is 4.31 Å². The Morgan fingerprint density at radius 3 is 2.42 bits per heavy atom. The lowest BCUT2D eigenvalue weighted by molar-refractivity contribution is -0.142. The number of benzene rings is 2. The van der Waals surface area contributed by atoms with Crippen molar-refractivity contribution in [3.63, 3.8) is 0 Å². The molecule has 0 aliphatic rings. The minimum atomic E-state index is -3.92. The molecule has 2 aromatic carbocycles. The highest BCUT2D eigenvalue weighted by Gasteiger charge is 2.23. The van der Waals surface area contributed by atoms with Gasteiger partial charge in [0, 0.05) is 17.7 Å². The fraction of sp³-hybridized carbons (Fsp3) is 0.235. The van der Waals surface area contributed by atoms with E-state index in [1.54, 1.807) is 18.2 Å². The monoisotopic (exact) mass is 401 g/mol. The second-order valence-corrected chi connectivity index (χ2v) is 8.40. The standard InChI is InChI=1S/C17H17F2NO4S2/c1-20(26(22,23)14-8-6-13(18)7-9-14)12-17(21)24-10-11-25-16-5-3-2-4-15(16)19/h2-9H,10-12H2,1H3. The van der Waals surface area contributed by atoms with Crippen LogP contribution in [0, 0.1) is 11.6 Å². The molecule has 0 unspecified atom stereocenters. The molecular formula is C17H17F2NO4S2. The minimum absolute atomic E-state index is 0.0161. The first-order chi connectivity index (χ1) is 12.3. The highest BCUT2D eigenvalue weighted by Crippen LogP contribution is 2.20. The van der Waals surface area contributed by atoms with Crippen LogP contribution in [0.4, 0.5) is 8.78 Å². The zero-order valence-electron chi connectivity index (χ0n) is 13.9. The molecule has 26 heavy (non-hydrogen) atoms. The van der Waals surface area contributed by atoms with Crippen LogP contribution in [0.2, 0.25) is 0 Å². The zero-order chi connectivity index (χ0) is 19.2. The number of nitrogens with zero attached hydrogens (tertiary/aromatic N) is 1. The average Bonchev–Trinajstić information content (AvgIpc) is 2.60. The second kappa shape index (κ2) is 9.11. The summed E-state index contributed by atoms with van der Waals surface area (Å²) >= 11 is 1.19. The molecular weight excluding hydrogens is 384 g/mol. The van der Waals surface area contributed by atoms with Gasteiger partial charge in [0.2, 0.25) is 10.0 Å². The summed E-state index contributed by atoms with van der Waals surface area (Å²) in [7, 11) is -2.69. The Morgan fingerprint density at radius 1 is 1.12 bits per heavy atom. The van der Waals surface area contributed by atoms with E-state index in [-0.39, 0.29) is 17.3 Å². The van der Waals surface area contributed by atoms with Crippen molar-refractivity contribution >= 4 is 27.8 Å². The van der Waals surface area contributed by atoms with Crippen molar-refractivity contribution in [1.82, 2.24) is 4.31 Å². The topological polar surface area (TPSA) is 63.7 Å². The lowest BCUT2D eigenvalue weighted by Crippen LogP contribution is -2.33. The molecule has 2 rings (SSSR count). The first kappa shape index (κ1) is 20.3. The van der Waals surface area contributed by atoms with E-state index in [1.165, 1.54) is 24.9 Å². The Hall–Kier alpha value is -1.97. The minimum Gasteiger partial charge on any atom is -0.464 e. The van der Waals surface area contributed by atoms with E-state index in [1.807, 2.05) is 0 Å². The lowest BCUT2D eigenvalue weighted by Gasteiger charge is -2.16. The average molecular weight is 401 g/mol. The van der Waals surface area contributed by atoms with Gasteiger partial charge in [-0.25, -0.2) is 17.2 Å². The van der Waals surface area contributed by atoms with Gasteiger partial charge in [0.25, 0.3) is 0 Å². The van der Waals surface area contributed by atoms with Gasteiger partial charge in [0.1, 0.15) is 24.8 Å². The Kier molecular flexibility index (Phi) is 7.13. The predicted molar refractivity (Wildman–Crippen MR) is 94.3 cm³/mol. The van der Waals surface area contributed by atoms with Crippen LogP contribution in [-0.2, 0) is 19.6 Å². The number of sulfonamides is 1. The summed E-state index contributed by atoms with van der Waals surface area (Å²) in [6.45, 7) is -0.466. The number of hydrogen-bond donors (Lipinski definition) is 0. The molecule has 0 saturated carbocycles. The maximum absolute atomic E-state index is 13.4. The molecule has 0 spiro atoms. The number of hydrogen-bond acceptors (Lipinski definition) is 5. The van der Waals surface area contributed by atoms with E-state index in [0.717, 1.165) is 28.6 Å². The van der Waals surface area contributed by atoms with Crippen molar-refractivity contribution in [3.05, 3.63) is 60.2 Å². The summed E-state index contributed by atoms with van der Waals surface area (Å²) in [4.78, 5) is 12.1. The van der Waals surface area contributed by atoms with Crippen molar-refractivity contribution in [3.8, 4) is 0 Å². The van der Waals surface area contributed by atoms with Gasteiger partial charge in [0.05, 0.1) is 4.90 Å². The molecule has 0 heterocycles. The number of ether oxygens (including phenoxy) is 1. The van der Waals surface area contributed by atoms with Gasteiger partial charge in [-0.05, 0) is 36.4 Å². The number of halogens is 2. The Morgan fingerprint density at radius 2 is 1.77 bits per heavy atom. The highest BCUT2D eigenvalue weighted by atomic mass is 32.2. The second-order valence-electron chi connectivity index (χ2n) is 5.21.